The molecule has 0 aliphatic heterocycles. The Labute approximate surface area is 208 Å². The summed E-state index contributed by atoms with van der Waals surface area (Å²) in [5, 5.41) is 3.41. The molecule has 0 amide bonds. The molecule has 0 spiro atoms. The molecule has 0 saturated carbocycles. The first-order chi connectivity index (χ1) is 14.2. The van der Waals surface area contributed by atoms with Crippen LogP contribution in [0.5, 0.6) is 11.5 Å². The predicted octanol–water partition coefficient (Wildman–Crippen LogP) is 8.67. The molecule has 0 aliphatic carbocycles. The molecule has 0 atom stereocenters. The van der Waals surface area contributed by atoms with Crippen LogP contribution < -0.4 is 9.47 Å². The first kappa shape index (κ1) is 25.2. The van der Waals surface area contributed by atoms with Gasteiger partial charge in [0.2, 0.25) is 0 Å². The number of ether oxygens (including phenoxy) is 2. The van der Waals surface area contributed by atoms with Crippen LogP contribution in [0.15, 0.2) is 36.4 Å². The standard InChI is InChI=1S/C23H28Br4O2/c24-14-18-8-19(15-25)11-22(10-18)28-6-4-2-1-3-5-7-29-23-12-20(16-26)9-21(13-23)17-27/h8-13H,1-7,14-17H2. The van der Waals surface area contributed by atoms with Gasteiger partial charge in [-0.3, -0.25) is 0 Å². The number of benzene rings is 2. The van der Waals surface area contributed by atoms with E-state index in [0.29, 0.717) is 0 Å². The Morgan fingerprint density at radius 1 is 0.448 bits per heavy atom. The minimum Gasteiger partial charge on any atom is -0.494 e. The maximum Gasteiger partial charge on any atom is 0.119 e. The smallest absolute Gasteiger partial charge is 0.119 e. The maximum absolute atomic E-state index is 5.95. The van der Waals surface area contributed by atoms with Crippen molar-refractivity contribution in [2.75, 3.05) is 13.2 Å². The molecule has 0 aromatic heterocycles. The number of alkyl halides is 4. The van der Waals surface area contributed by atoms with Gasteiger partial charge in [0.1, 0.15) is 11.5 Å². The minimum absolute atomic E-state index is 0.776. The quantitative estimate of drug-likeness (QED) is 0.150. The van der Waals surface area contributed by atoms with Crippen molar-refractivity contribution in [3.63, 3.8) is 0 Å². The molecule has 0 saturated heterocycles. The van der Waals surface area contributed by atoms with Crippen molar-refractivity contribution in [2.45, 2.75) is 53.4 Å². The van der Waals surface area contributed by atoms with E-state index in [-0.39, 0.29) is 0 Å². The molecule has 0 unspecified atom stereocenters. The summed E-state index contributed by atoms with van der Waals surface area (Å²) in [5.74, 6) is 1.94. The molecule has 0 N–H and O–H groups in total. The van der Waals surface area contributed by atoms with Crippen LogP contribution in [-0.2, 0) is 21.3 Å². The summed E-state index contributed by atoms with van der Waals surface area (Å²) in [4.78, 5) is 0. The zero-order valence-corrected chi connectivity index (χ0v) is 22.9. The normalized spacial score (nSPS) is 10.9. The molecule has 29 heavy (non-hydrogen) atoms. The van der Waals surface area contributed by atoms with Gasteiger partial charge in [-0.15, -0.1) is 0 Å². The van der Waals surface area contributed by atoms with Crippen molar-refractivity contribution in [3.05, 3.63) is 58.7 Å². The highest BCUT2D eigenvalue weighted by molar-refractivity contribution is 9.09. The van der Waals surface area contributed by atoms with Gasteiger partial charge in [0, 0.05) is 21.3 Å². The summed E-state index contributed by atoms with van der Waals surface area (Å²) < 4.78 is 11.9. The van der Waals surface area contributed by atoms with E-state index in [1.54, 1.807) is 0 Å². The Morgan fingerprint density at radius 3 is 1.07 bits per heavy atom. The fourth-order valence-corrected chi connectivity index (χ4v) is 4.34. The number of rotatable bonds is 14. The minimum atomic E-state index is 0.776. The Kier molecular flexibility index (Phi) is 12.9. The van der Waals surface area contributed by atoms with Crippen molar-refractivity contribution in [3.8, 4) is 11.5 Å². The fraction of sp³-hybridized carbons (Fsp3) is 0.478. The van der Waals surface area contributed by atoms with E-state index < -0.39 is 0 Å². The van der Waals surface area contributed by atoms with E-state index >= 15 is 0 Å². The number of halogens is 4. The molecular weight excluding hydrogens is 628 g/mol. The molecule has 160 valence electrons. The van der Waals surface area contributed by atoms with Gasteiger partial charge in [-0.05, 0) is 59.4 Å². The average Bonchev–Trinajstić information content (AvgIpc) is 2.77. The summed E-state index contributed by atoms with van der Waals surface area (Å²) in [6, 6.07) is 12.8. The SMILES string of the molecule is BrCc1cc(CBr)cc(OCCCCCCCOc2cc(CBr)cc(CBr)c2)c1. The van der Waals surface area contributed by atoms with Crippen LogP contribution in [-0.4, -0.2) is 13.2 Å². The summed E-state index contributed by atoms with van der Waals surface area (Å²) in [6.45, 7) is 1.55. The highest BCUT2D eigenvalue weighted by atomic mass is 79.9. The number of unbranched alkanes of at least 4 members (excludes halogenated alkanes) is 4. The van der Waals surface area contributed by atoms with Crippen LogP contribution in [0.1, 0.15) is 54.4 Å². The molecule has 2 nitrogen and oxygen atoms in total. The first-order valence-electron chi connectivity index (χ1n) is 9.93. The van der Waals surface area contributed by atoms with Crippen molar-refractivity contribution < 1.29 is 9.47 Å². The zero-order chi connectivity index (χ0) is 20.9. The third-order valence-corrected chi connectivity index (χ3v) is 7.09. The van der Waals surface area contributed by atoms with Crippen LogP contribution in [0, 0.1) is 0 Å². The molecule has 2 rings (SSSR count). The largest absolute Gasteiger partial charge is 0.494 e. The van der Waals surface area contributed by atoms with Gasteiger partial charge in [0.25, 0.3) is 0 Å². The lowest BCUT2D eigenvalue weighted by Crippen LogP contribution is -2.00. The molecular formula is C23H28Br4O2. The number of hydrogen-bond donors (Lipinski definition) is 0. The molecule has 2 aromatic rings. The van der Waals surface area contributed by atoms with Gasteiger partial charge in [0.15, 0.2) is 0 Å². The molecule has 0 fully saturated rings. The van der Waals surface area contributed by atoms with E-state index in [1.807, 2.05) is 0 Å². The van der Waals surface area contributed by atoms with Crippen molar-refractivity contribution in [1.29, 1.82) is 0 Å². The number of hydrogen-bond acceptors (Lipinski definition) is 2. The van der Waals surface area contributed by atoms with Crippen molar-refractivity contribution >= 4 is 63.7 Å². The summed E-state index contributed by atoms with van der Waals surface area (Å²) in [5.41, 5.74) is 5.01. The monoisotopic (exact) mass is 652 g/mol. The molecule has 0 radical (unpaired) electrons. The van der Waals surface area contributed by atoms with Crippen LogP contribution in [0.3, 0.4) is 0 Å². The van der Waals surface area contributed by atoms with Gasteiger partial charge in [-0.25, -0.2) is 0 Å². The van der Waals surface area contributed by atoms with Gasteiger partial charge in [-0.2, -0.15) is 0 Å². The van der Waals surface area contributed by atoms with E-state index in [1.165, 1.54) is 41.5 Å². The van der Waals surface area contributed by atoms with Crippen LogP contribution >= 0.6 is 63.7 Å². The summed E-state index contributed by atoms with van der Waals surface area (Å²) in [7, 11) is 0. The highest BCUT2D eigenvalue weighted by Gasteiger charge is 2.03. The van der Waals surface area contributed by atoms with Gasteiger partial charge < -0.3 is 9.47 Å². The molecule has 2 aromatic carbocycles. The highest BCUT2D eigenvalue weighted by Crippen LogP contribution is 2.22. The summed E-state index contributed by atoms with van der Waals surface area (Å²) >= 11 is 14.1. The van der Waals surface area contributed by atoms with Crippen molar-refractivity contribution in [1.82, 2.24) is 0 Å². The third kappa shape index (κ3) is 9.75. The lowest BCUT2D eigenvalue weighted by molar-refractivity contribution is 0.293. The Hall–Kier alpha value is -0.0400. The summed E-state index contributed by atoms with van der Waals surface area (Å²) in [6.07, 6.45) is 5.78. The average molecular weight is 656 g/mol. The Balaban J connectivity index is 1.58. The molecule has 0 heterocycles. The van der Waals surface area contributed by atoms with Crippen LogP contribution in [0.25, 0.3) is 0 Å². The lowest BCUT2D eigenvalue weighted by atomic mass is 10.1. The second kappa shape index (κ2) is 14.9. The maximum atomic E-state index is 5.95. The van der Waals surface area contributed by atoms with E-state index in [9.17, 15) is 0 Å². The molecule has 0 aliphatic rings. The first-order valence-corrected chi connectivity index (χ1v) is 14.4. The van der Waals surface area contributed by atoms with E-state index in [2.05, 4.69) is 100 Å². The zero-order valence-electron chi connectivity index (χ0n) is 16.6. The lowest BCUT2D eigenvalue weighted by Gasteiger charge is -2.10. The van der Waals surface area contributed by atoms with Gasteiger partial charge in [0.05, 0.1) is 13.2 Å². The van der Waals surface area contributed by atoms with Gasteiger partial charge in [-0.1, -0.05) is 95.1 Å². The van der Waals surface area contributed by atoms with E-state index in [0.717, 1.165) is 58.9 Å². The van der Waals surface area contributed by atoms with Crippen LogP contribution in [0.2, 0.25) is 0 Å². The van der Waals surface area contributed by atoms with Crippen LogP contribution in [0.4, 0.5) is 0 Å². The Morgan fingerprint density at radius 2 is 0.759 bits per heavy atom. The van der Waals surface area contributed by atoms with Gasteiger partial charge >= 0.3 is 0 Å². The topological polar surface area (TPSA) is 18.5 Å². The fourth-order valence-electron chi connectivity index (χ4n) is 3.05. The molecule has 6 heteroatoms. The Bertz CT molecular complexity index is 631. The third-order valence-electron chi connectivity index (χ3n) is 4.50. The van der Waals surface area contributed by atoms with Crippen molar-refractivity contribution in [2.24, 2.45) is 0 Å². The second-order valence-corrected chi connectivity index (χ2v) is 9.21. The second-order valence-electron chi connectivity index (χ2n) is 6.97. The predicted molar refractivity (Wildman–Crippen MR) is 137 cm³/mol. The van der Waals surface area contributed by atoms with E-state index in [4.69, 9.17) is 9.47 Å². The molecule has 0 bridgehead atoms.